The number of nitrogens with one attached hydrogen (secondary N) is 1. The van der Waals surface area contributed by atoms with Crippen LogP contribution in [0.2, 0.25) is 0 Å². The molecule has 6 N–H and O–H groups in total. The van der Waals surface area contributed by atoms with Crippen LogP contribution in [-0.4, -0.2) is 87.5 Å². The van der Waals surface area contributed by atoms with Gasteiger partial charge in [0.25, 0.3) is 0 Å². The Morgan fingerprint density at radius 2 is 0.778 bits per heavy atom. The number of carbonyl (C=O) groups is 1. The van der Waals surface area contributed by atoms with E-state index in [1.807, 2.05) is 6.08 Å². The van der Waals surface area contributed by atoms with E-state index in [1.165, 1.54) is 148 Å². The van der Waals surface area contributed by atoms with Crippen molar-refractivity contribution in [2.24, 2.45) is 0 Å². The van der Waals surface area contributed by atoms with Crippen LogP contribution in [0.5, 0.6) is 0 Å². The lowest BCUT2D eigenvalue weighted by Gasteiger charge is -2.40. The van der Waals surface area contributed by atoms with Crippen molar-refractivity contribution in [2.75, 3.05) is 13.2 Å². The smallest absolute Gasteiger partial charge is 0.220 e. The molecule has 1 heterocycles. The van der Waals surface area contributed by atoms with Crippen LogP contribution in [0, 0.1) is 0 Å². The first-order valence-electron chi connectivity index (χ1n) is 33.3. The molecule has 0 saturated carbocycles. The summed E-state index contributed by atoms with van der Waals surface area (Å²) in [5, 5.41) is 54.6. The second-order valence-corrected chi connectivity index (χ2v) is 22.5. The molecule has 0 spiro atoms. The number of ether oxygens (including phenoxy) is 2. The third-order valence-corrected chi connectivity index (χ3v) is 15.0. The molecular formula is C72H123NO8. The van der Waals surface area contributed by atoms with Crippen molar-refractivity contribution < 1.29 is 39.8 Å². The summed E-state index contributed by atoms with van der Waals surface area (Å²) < 4.78 is 11.3. The van der Waals surface area contributed by atoms with Gasteiger partial charge in [-0.1, -0.05) is 283 Å². The molecule has 0 aromatic heterocycles. The summed E-state index contributed by atoms with van der Waals surface area (Å²) in [7, 11) is 0. The van der Waals surface area contributed by atoms with Gasteiger partial charge < -0.3 is 40.3 Å². The number of carbonyl (C=O) groups excluding carboxylic acids is 1. The standard InChI is InChI=1S/C72H123NO8/c1-3-5-7-9-11-13-15-17-19-21-23-25-27-29-30-31-32-33-34-35-36-38-39-41-43-45-47-49-51-53-55-57-59-61-66(75)65(64-80-72-71(79)70(78)69(77)67(63-74)81-72)73-68(76)62-60-58-56-54-52-50-48-46-44-42-40-37-28-26-24-22-20-18-16-14-12-10-8-6-4-2/h6,8,12,14,18,20,24,26,37,40,43-46,50-53,59,61,65-67,69-72,74-75,77-79H,3-5,7,9-11,13,15-17,19,21-23,25,27-36,38-39,41-42,47-49,54-58,60,62-64H2,1-2H3,(H,73,76)/b8-6-,14-12-,20-18-,26-24-,40-37-,45-43+,46-44-,52-50-,53-51+,61-59+. The summed E-state index contributed by atoms with van der Waals surface area (Å²) in [5.74, 6) is -0.226. The maximum absolute atomic E-state index is 13.1. The topological polar surface area (TPSA) is 149 Å². The number of amides is 1. The normalized spacial score (nSPS) is 19.2. The first kappa shape index (κ1) is 75.6. The average molecular weight is 1130 g/mol. The highest BCUT2D eigenvalue weighted by molar-refractivity contribution is 5.76. The zero-order valence-corrected chi connectivity index (χ0v) is 51.7. The highest BCUT2D eigenvalue weighted by Crippen LogP contribution is 2.23. The predicted octanol–water partition coefficient (Wildman–Crippen LogP) is 17.9. The van der Waals surface area contributed by atoms with Crippen LogP contribution in [0.4, 0.5) is 0 Å². The van der Waals surface area contributed by atoms with Crippen molar-refractivity contribution in [1.29, 1.82) is 0 Å². The fraction of sp³-hybridized carbons (Fsp3) is 0.708. The minimum Gasteiger partial charge on any atom is -0.394 e. The Balaban J connectivity index is 2.23. The number of unbranched alkanes of at least 4 members (excludes halogenated alkanes) is 28. The van der Waals surface area contributed by atoms with Crippen LogP contribution in [0.1, 0.15) is 271 Å². The number of allylic oxidation sites excluding steroid dienone is 19. The fourth-order valence-corrected chi connectivity index (χ4v) is 9.82. The molecule has 7 unspecified atom stereocenters. The summed E-state index contributed by atoms with van der Waals surface area (Å²) in [6, 6.07) is -0.858. The van der Waals surface area contributed by atoms with E-state index in [4.69, 9.17) is 9.47 Å². The van der Waals surface area contributed by atoms with Crippen LogP contribution >= 0.6 is 0 Å². The summed E-state index contributed by atoms with van der Waals surface area (Å²) in [6.07, 6.45) is 83.0. The van der Waals surface area contributed by atoms with Gasteiger partial charge >= 0.3 is 0 Å². The molecule has 1 fully saturated rings. The lowest BCUT2D eigenvalue weighted by molar-refractivity contribution is -0.302. The summed E-state index contributed by atoms with van der Waals surface area (Å²) in [6.45, 7) is 3.64. The second kappa shape index (κ2) is 59.7. The SMILES string of the molecule is CC/C=C\C/C=C\C/C=C\C/C=C\C/C=C\C/C=C\C/C=C\CCCCCC(=O)NC(COC1OC(CO)C(O)C(O)C1O)C(O)/C=C/CC/C=C/CC/C=C/CCCCCCCCCCCCCCCCCCCCCCCCC. The van der Waals surface area contributed by atoms with E-state index in [9.17, 15) is 30.3 Å². The van der Waals surface area contributed by atoms with Crippen molar-refractivity contribution in [3.63, 3.8) is 0 Å². The number of hydrogen-bond acceptors (Lipinski definition) is 8. The van der Waals surface area contributed by atoms with Crippen molar-refractivity contribution in [3.05, 3.63) is 122 Å². The summed E-state index contributed by atoms with van der Waals surface area (Å²) in [4.78, 5) is 13.1. The third kappa shape index (κ3) is 48.6. The van der Waals surface area contributed by atoms with E-state index in [2.05, 4.69) is 129 Å². The van der Waals surface area contributed by atoms with Gasteiger partial charge in [-0.2, -0.15) is 0 Å². The minimum absolute atomic E-state index is 0.226. The Hall–Kier alpha value is -3.41. The third-order valence-electron chi connectivity index (χ3n) is 15.0. The molecule has 7 atom stereocenters. The Bertz CT molecular complexity index is 1690. The molecular weight excluding hydrogens is 1010 g/mol. The molecule has 1 amide bonds. The molecule has 0 bridgehead atoms. The quantitative estimate of drug-likeness (QED) is 0.0261. The van der Waals surface area contributed by atoms with E-state index in [1.54, 1.807) is 6.08 Å². The zero-order valence-electron chi connectivity index (χ0n) is 51.7. The largest absolute Gasteiger partial charge is 0.394 e. The fourth-order valence-electron chi connectivity index (χ4n) is 9.82. The number of hydrogen-bond donors (Lipinski definition) is 6. The summed E-state index contributed by atoms with van der Waals surface area (Å²) in [5.41, 5.74) is 0. The van der Waals surface area contributed by atoms with Gasteiger partial charge in [-0.15, -0.1) is 0 Å². The van der Waals surface area contributed by atoms with Crippen LogP contribution in [-0.2, 0) is 14.3 Å². The first-order valence-corrected chi connectivity index (χ1v) is 33.3. The molecule has 0 aromatic carbocycles. The van der Waals surface area contributed by atoms with E-state index >= 15 is 0 Å². The Morgan fingerprint density at radius 1 is 0.432 bits per heavy atom. The molecule has 1 saturated heterocycles. The number of aliphatic hydroxyl groups excluding tert-OH is 5. The first-order chi connectivity index (χ1) is 39.8. The Morgan fingerprint density at radius 3 is 1.19 bits per heavy atom. The monoisotopic (exact) mass is 1130 g/mol. The van der Waals surface area contributed by atoms with Crippen LogP contribution in [0.15, 0.2) is 122 Å². The molecule has 0 aromatic rings. The van der Waals surface area contributed by atoms with E-state index in [0.717, 1.165) is 89.9 Å². The number of aliphatic hydroxyl groups is 5. The van der Waals surface area contributed by atoms with Crippen LogP contribution < -0.4 is 5.32 Å². The molecule has 1 rings (SSSR count). The molecule has 9 heteroatoms. The molecule has 1 aliphatic rings. The molecule has 0 radical (unpaired) electrons. The predicted molar refractivity (Wildman–Crippen MR) is 345 cm³/mol. The van der Waals surface area contributed by atoms with Crippen LogP contribution in [0.25, 0.3) is 0 Å². The van der Waals surface area contributed by atoms with E-state index in [-0.39, 0.29) is 18.9 Å². The Kier molecular flexibility index (Phi) is 55.8. The van der Waals surface area contributed by atoms with Gasteiger partial charge in [0.15, 0.2) is 6.29 Å². The van der Waals surface area contributed by atoms with Crippen molar-refractivity contribution in [1.82, 2.24) is 5.32 Å². The molecule has 81 heavy (non-hydrogen) atoms. The zero-order chi connectivity index (χ0) is 58.6. The maximum Gasteiger partial charge on any atom is 0.220 e. The highest BCUT2D eigenvalue weighted by Gasteiger charge is 2.44. The van der Waals surface area contributed by atoms with Gasteiger partial charge in [0.1, 0.15) is 24.4 Å². The second-order valence-electron chi connectivity index (χ2n) is 22.5. The van der Waals surface area contributed by atoms with Crippen molar-refractivity contribution in [3.8, 4) is 0 Å². The van der Waals surface area contributed by atoms with Crippen molar-refractivity contribution >= 4 is 5.91 Å². The van der Waals surface area contributed by atoms with E-state index < -0.39 is 49.5 Å². The van der Waals surface area contributed by atoms with Crippen LogP contribution in [0.3, 0.4) is 0 Å². The molecule has 464 valence electrons. The molecule has 1 aliphatic heterocycles. The highest BCUT2D eigenvalue weighted by atomic mass is 16.7. The molecule has 9 nitrogen and oxygen atoms in total. The van der Waals surface area contributed by atoms with Crippen molar-refractivity contribution in [2.45, 2.75) is 314 Å². The number of rotatable bonds is 56. The maximum atomic E-state index is 13.1. The lowest BCUT2D eigenvalue weighted by Crippen LogP contribution is -2.60. The average Bonchev–Trinajstić information content (AvgIpc) is 3.49. The Labute approximate surface area is 497 Å². The van der Waals surface area contributed by atoms with Gasteiger partial charge in [-0.05, 0) is 103 Å². The molecule has 0 aliphatic carbocycles. The van der Waals surface area contributed by atoms with Gasteiger partial charge in [0.05, 0.1) is 25.4 Å². The minimum atomic E-state index is -1.59. The van der Waals surface area contributed by atoms with Gasteiger partial charge in [-0.25, -0.2) is 0 Å². The van der Waals surface area contributed by atoms with E-state index in [0.29, 0.717) is 12.8 Å². The van der Waals surface area contributed by atoms with Gasteiger partial charge in [-0.3, -0.25) is 4.79 Å². The summed E-state index contributed by atoms with van der Waals surface area (Å²) >= 11 is 0. The van der Waals surface area contributed by atoms with Gasteiger partial charge in [0.2, 0.25) is 5.91 Å². The lowest BCUT2D eigenvalue weighted by atomic mass is 9.99. The van der Waals surface area contributed by atoms with Gasteiger partial charge in [0, 0.05) is 6.42 Å².